The van der Waals surface area contributed by atoms with E-state index in [9.17, 15) is 14.0 Å². The van der Waals surface area contributed by atoms with Crippen LogP contribution in [-0.4, -0.2) is 22.1 Å². The van der Waals surface area contributed by atoms with Crippen molar-refractivity contribution in [2.45, 2.75) is 6.54 Å². The average molecular weight is 387 g/mol. The Bertz CT molecular complexity index is 959. The Morgan fingerprint density at radius 1 is 1.19 bits per heavy atom. The van der Waals surface area contributed by atoms with Crippen LogP contribution < -0.4 is 15.4 Å². The molecule has 0 spiro atoms. The van der Waals surface area contributed by atoms with Gasteiger partial charge in [-0.15, -0.1) is 11.3 Å². The van der Waals surface area contributed by atoms with Crippen LogP contribution >= 0.6 is 11.3 Å². The minimum absolute atomic E-state index is 0.136. The largest absolute Gasteiger partial charge is 0.465 e. The first-order valence-corrected chi connectivity index (χ1v) is 8.57. The molecule has 0 unspecified atom stereocenters. The summed E-state index contributed by atoms with van der Waals surface area (Å²) >= 11 is 1.33. The van der Waals surface area contributed by atoms with E-state index in [0.717, 1.165) is 4.88 Å². The van der Waals surface area contributed by atoms with Gasteiger partial charge in [0, 0.05) is 17.1 Å². The molecule has 3 aromatic rings. The summed E-state index contributed by atoms with van der Waals surface area (Å²) in [5.41, 5.74) is 0.304. The number of hydrogen-bond acceptors (Lipinski definition) is 5. The molecule has 138 valence electrons. The number of halogens is 1. The Hall–Kier alpha value is -3.46. The monoisotopic (exact) mass is 387 g/mol. The zero-order valence-corrected chi connectivity index (χ0v) is 14.6. The van der Waals surface area contributed by atoms with Crippen molar-refractivity contribution in [2.75, 3.05) is 5.32 Å². The van der Waals surface area contributed by atoms with Crippen molar-refractivity contribution in [3.63, 3.8) is 0 Å². The van der Waals surface area contributed by atoms with Crippen LogP contribution in [0.2, 0.25) is 0 Å². The highest BCUT2D eigenvalue weighted by molar-refractivity contribution is 7.13. The summed E-state index contributed by atoms with van der Waals surface area (Å²) in [6, 6.07) is 12.3. The number of nitrogens with one attached hydrogen (secondary N) is 2. The van der Waals surface area contributed by atoms with Crippen LogP contribution in [0.4, 0.5) is 15.0 Å². The van der Waals surface area contributed by atoms with Gasteiger partial charge in [-0.05, 0) is 36.4 Å². The molecule has 27 heavy (non-hydrogen) atoms. The number of aromatic nitrogens is 1. The number of carbonyl (C=O) groups is 2. The molecular formula is C18H14FN3O4S. The van der Waals surface area contributed by atoms with Crippen molar-refractivity contribution >= 4 is 29.2 Å². The van der Waals surface area contributed by atoms with Crippen molar-refractivity contribution in [1.29, 1.82) is 0 Å². The lowest BCUT2D eigenvalue weighted by Gasteiger charge is -2.05. The van der Waals surface area contributed by atoms with E-state index in [1.165, 1.54) is 41.8 Å². The maximum Gasteiger partial charge on any atom is 0.410 e. The third-order valence-electron chi connectivity index (χ3n) is 3.34. The quantitative estimate of drug-likeness (QED) is 0.591. The molecule has 3 rings (SSSR count). The van der Waals surface area contributed by atoms with Crippen LogP contribution in [0.5, 0.6) is 10.8 Å². The fourth-order valence-corrected chi connectivity index (χ4v) is 2.95. The van der Waals surface area contributed by atoms with Gasteiger partial charge in [0.2, 0.25) is 0 Å². The minimum atomic E-state index is -1.23. The Balaban J connectivity index is 1.54. The van der Waals surface area contributed by atoms with Crippen LogP contribution in [0.1, 0.15) is 15.2 Å². The second-order valence-electron chi connectivity index (χ2n) is 5.33. The number of thiophene rings is 1. The Kier molecular flexibility index (Phi) is 5.62. The van der Waals surface area contributed by atoms with E-state index in [4.69, 9.17) is 9.84 Å². The lowest BCUT2D eigenvalue weighted by Crippen LogP contribution is -2.22. The number of pyridine rings is 1. The lowest BCUT2D eigenvalue weighted by molar-refractivity contribution is 0.0951. The molecule has 9 heteroatoms. The SMILES string of the molecule is O=C(O)Nc1ccc(C(=O)NCc2ccc(Oc3cccc(F)c3)s2)cn1. The van der Waals surface area contributed by atoms with E-state index in [2.05, 4.69) is 15.6 Å². The normalized spacial score (nSPS) is 10.3. The highest BCUT2D eigenvalue weighted by Crippen LogP contribution is 2.29. The van der Waals surface area contributed by atoms with Gasteiger partial charge in [-0.1, -0.05) is 6.07 Å². The summed E-state index contributed by atoms with van der Waals surface area (Å²) in [4.78, 5) is 27.4. The van der Waals surface area contributed by atoms with E-state index < -0.39 is 6.09 Å². The molecule has 3 N–H and O–H groups in total. The molecule has 0 saturated heterocycles. The lowest BCUT2D eigenvalue weighted by atomic mass is 10.2. The first kappa shape index (κ1) is 18.3. The maximum atomic E-state index is 13.2. The van der Waals surface area contributed by atoms with E-state index in [1.807, 2.05) is 0 Å². The Morgan fingerprint density at radius 2 is 2.04 bits per heavy atom. The van der Waals surface area contributed by atoms with Gasteiger partial charge >= 0.3 is 6.09 Å². The summed E-state index contributed by atoms with van der Waals surface area (Å²) < 4.78 is 18.7. The van der Waals surface area contributed by atoms with Gasteiger partial charge < -0.3 is 15.2 Å². The number of amides is 2. The predicted molar refractivity (Wildman–Crippen MR) is 97.8 cm³/mol. The highest BCUT2D eigenvalue weighted by atomic mass is 32.1. The maximum absolute atomic E-state index is 13.2. The highest BCUT2D eigenvalue weighted by Gasteiger charge is 2.09. The molecule has 0 aliphatic rings. The fourth-order valence-electron chi connectivity index (χ4n) is 2.14. The number of benzene rings is 1. The fraction of sp³-hybridized carbons (Fsp3) is 0.0556. The van der Waals surface area contributed by atoms with Crippen molar-refractivity contribution < 1.29 is 23.8 Å². The van der Waals surface area contributed by atoms with Crippen molar-refractivity contribution in [2.24, 2.45) is 0 Å². The molecule has 7 nitrogen and oxygen atoms in total. The van der Waals surface area contributed by atoms with Gasteiger partial charge in [-0.2, -0.15) is 0 Å². The number of hydrogen-bond donors (Lipinski definition) is 3. The molecule has 0 aliphatic heterocycles. The zero-order chi connectivity index (χ0) is 19.2. The van der Waals surface area contributed by atoms with Crippen LogP contribution in [0.3, 0.4) is 0 Å². The summed E-state index contributed by atoms with van der Waals surface area (Å²) in [6.07, 6.45) is 0.0571. The molecule has 0 saturated carbocycles. The van der Waals surface area contributed by atoms with E-state index in [1.54, 1.807) is 24.3 Å². The van der Waals surface area contributed by atoms with E-state index in [-0.39, 0.29) is 24.1 Å². The van der Waals surface area contributed by atoms with Crippen molar-refractivity contribution in [1.82, 2.24) is 10.3 Å². The molecule has 0 bridgehead atoms. The minimum Gasteiger partial charge on any atom is -0.465 e. The topological polar surface area (TPSA) is 101 Å². The number of carbonyl (C=O) groups excluding carboxylic acids is 1. The van der Waals surface area contributed by atoms with Gasteiger partial charge in [-0.25, -0.2) is 14.2 Å². The van der Waals surface area contributed by atoms with E-state index >= 15 is 0 Å². The second kappa shape index (κ2) is 8.28. The van der Waals surface area contributed by atoms with Gasteiger partial charge in [-0.3, -0.25) is 10.1 Å². The summed E-state index contributed by atoms with van der Waals surface area (Å²) in [6.45, 7) is 0.283. The van der Waals surface area contributed by atoms with E-state index in [0.29, 0.717) is 16.4 Å². The number of ether oxygens (including phenoxy) is 1. The van der Waals surface area contributed by atoms with Gasteiger partial charge in [0.15, 0.2) is 5.06 Å². The second-order valence-corrected chi connectivity index (χ2v) is 6.46. The number of nitrogens with zero attached hydrogens (tertiary/aromatic N) is 1. The smallest absolute Gasteiger partial charge is 0.410 e. The van der Waals surface area contributed by atoms with Crippen LogP contribution in [-0.2, 0) is 6.54 Å². The molecule has 2 heterocycles. The van der Waals surface area contributed by atoms with Crippen LogP contribution in [0.15, 0.2) is 54.7 Å². The third kappa shape index (κ3) is 5.25. The first-order valence-electron chi connectivity index (χ1n) is 7.76. The Labute approximate surface area is 157 Å². The molecule has 0 atom stereocenters. The van der Waals surface area contributed by atoms with Gasteiger partial charge in [0.25, 0.3) is 5.91 Å². The zero-order valence-electron chi connectivity index (χ0n) is 13.8. The number of carboxylic acid groups (broad SMARTS) is 1. The van der Waals surface area contributed by atoms with Crippen molar-refractivity contribution in [3.8, 4) is 10.8 Å². The molecule has 1 aromatic carbocycles. The summed E-state index contributed by atoms with van der Waals surface area (Å²) in [7, 11) is 0. The predicted octanol–water partition coefficient (Wildman–Crippen LogP) is 4.09. The van der Waals surface area contributed by atoms with Gasteiger partial charge in [0.05, 0.1) is 12.1 Å². The van der Waals surface area contributed by atoms with Crippen LogP contribution in [0, 0.1) is 5.82 Å². The van der Waals surface area contributed by atoms with Gasteiger partial charge in [0.1, 0.15) is 17.4 Å². The van der Waals surface area contributed by atoms with Crippen molar-refractivity contribution in [3.05, 3.63) is 71.0 Å². The third-order valence-corrected chi connectivity index (χ3v) is 4.30. The number of rotatable bonds is 6. The first-order chi connectivity index (χ1) is 13.0. The molecule has 0 fully saturated rings. The summed E-state index contributed by atoms with van der Waals surface area (Å²) in [5, 5.41) is 14.0. The number of anilines is 1. The molecule has 2 aromatic heterocycles. The average Bonchev–Trinajstić information content (AvgIpc) is 3.07. The molecule has 0 aliphatic carbocycles. The standard InChI is InChI=1S/C18H14FN3O4S/c19-12-2-1-3-13(8-12)26-16-7-5-14(27-16)10-21-17(23)11-4-6-15(20-9-11)22-18(24)25/h1-9H,10H2,(H,20,22)(H,21,23)(H,24,25). The Morgan fingerprint density at radius 3 is 2.74 bits per heavy atom. The molecule has 0 radical (unpaired) electrons. The molecule has 2 amide bonds. The molecular weight excluding hydrogens is 373 g/mol. The summed E-state index contributed by atoms with van der Waals surface area (Å²) in [5.74, 6) is -0.190. The van der Waals surface area contributed by atoms with Crippen LogP contribution in [0.25, 0.3) is 0 Å².